The van der Waals surface area contributed by atoms with Crippen LogP contribution in [0.25, 0.3) is 0 Å². The molecule has 15 heavy (non-hydrogen) atoms. The predicted molar refractivity (Wildman–Crippen MR) is 60.2 cm³/mol. The second-order valence-corrected chi connectivity index (χ2v) is 3.70. The summed E-state index contributed by atoms with van der Waals surface area (Å²) in [7, 11) is 0. The summed E-state index contributed by atoms with van der Waals surface area (Å²) in [6, 6.07) is 0. The van der Waals surface area contributed by atoms with Crippen LogP contribution in [0.5, 0.6) is 0 Å². The van der Waals surface area contributed by atoms with E-state index in [-0.39, 0.29) is 11.8 Å². The Morgan fingerprint density at radius 2 is 1.73 bits per heavy atom. The molecule has 0 aliphatic heterocycles. The number of hydrogen-bond acceptors (Lipinski definition) is 2. The van der Waals surface area contributed by atoms with Gasteiger partial charge in [0.1, 0.15) is 0 Å². The molecule has 0 bridgehead atoms. The van der Waals surface area contributed by atoms with Crippen molar-refractivity contribution in [2.75, 3.05) is 13.1 Å². The van der Waals surface area contributed by atoms with E-state index in [9.17, 15) is 9.59 Å². The van der Waals surface area contributed by atoms with Gasteiger partial charge in [-0.3, -0.25) is 9.59 Å². The largest absolute Gasteiger partial charge is 0.370 e. The second-order valence-electron chi connectivity index (χ2n) is 3.70. The molecule has 0 spiro atoms. The minimum absolute atomic E-state index is 0.184. The number of carbonyl (C=O) groups is 2. The van der Waals surface area contributed by atoms with E-state index in [1.54, 1.807) is 0 Å². The lowest BCUT2D eigenvalue weighted by Crippen LogP contribution is -2.33. The van der Waals surface area contributed by atoms with Crippen LogP contribution in [0, 0.1) is 0 Å². The molecule has 0 aliphatic rings. The lowest BCUT2D eigenvalue weighted by Gasteiger charge is -2.21. The first-order valence-corrected chi connectivity index (χ1v) is 5.67. The van der Waals surface area contributed by atoms with E-state index in [2.05, 4.69) is 0 Å². The van der Waals surface area contributed by atoms with Crippen LogP contribution in [0.2, 0.25) is 0 Å². The Bertz CT molecular complexity index is 205. The van der Waals surface area contributed by atoms with E-state index in [4.69, 9.17) is 5.73 Å². The number of rotatable bonds is 8. The molecule has 4 heteroatoms. The van der Waals surface area contributed by atoms with Crippen LogP contribution in [0.4, 0.5) is 0 Å². The van der Waals surface area contributed by atoms with Crippen molar-refractivity contribution in [1.29, 1.82) is 0 Å². The molecule has 0 rings (SSSR count). The van der Waals surface area contributed by atoms with Crippen LogP contribution in [0.3, 0.4) is 0 Å². The fraction of sp³-hybridized carbons (Fsp3) is 0.818. The van der Waals surface area contributed by atoms with Crippen LogP contribution in [-0.2, 0) is 9.59 Å². The lowest BCUT2D eigenvalue weighted by molar-refractivity contribution is -0.131. The van der Waals surface area contributed by atoms with E-state index >= 15 is 0 Å². The first kappa shape index (κ1) is 13.9. The van der Waals surface area contributed by atoms with E-state index < -0.39 is 0 Å². The molecular formula is C11H22N2O2. The third-order valence-electron chi connectivity index (χ3n) is 2.16. The highest BCUT2D eigenvalue weighted by atomic mass is 16.2. The van der Waals surface area contributed by atoms with Crippen LogP contribution in [-0.4, -0.2) is 29.8 Å². The van der Waals surface area contributed by atoms with Crippen molar-refractivity contribution in [1.82, 2.24) is 4.90 Å². The second kappa shape index (κ2) is 8.26. The van der Waals surface area contributed by atoms with E-state index in [1.165, 1.54) is 0 Å². The lowest BCUT2D eigenvalue weighted by atomic mass is 10.2. The zero-order chi connectivity index (χ0) is 11.7. The first-order chi connectivity index (χ1) is 7.11. The molecule has 0 radical (unpaired) electrons. The molecule has 0 unspecified atom stereocenters. The van der Waals surface area contributed by atoms with Gasteiger partial charge in [0.05, 0.1) is 0 Å². The Labute approximate surface area is 91.8 Å². The van der Waals surface area contributed by atoms with Crippen molar-refractivity contribution in [2.45, 2.75) is 46.0 Å². The summed E-state index contributed by atoms with van der Waals surface area (Å²) in [6.07, 6.45) is 3.45. The zero-order valence-electron chi connectivity index (χ0n) is 9.79. The van der Waals surface area contributed by atoms with E-state index in [0.717, 1.165) is 19.4 Å². The SMILES string of the molecule is CCCC(=O)N(CCC)CCCC(N)=O. The average Bonchev–Trinajstić information content (AvgIpc) is 2.16. The minimum Gasteiger partial charge on any atom is -0.370 e. The van der Waals surface area contributed by atoms with Gasteiger partial charge in [-0.05, 0) is 19.3 Å². The minimum atomic E-state index is -0.297. The van der Waals surface area contributed by atoms with Crippen molar-refractivity contribution in [2.24, 2.45) is 5.73 Å². The monoisotopic (exact) mass is 214 g/mol. The normalized spacial score (nSPS) is 10.0. The molecule has 0 aromatic heterocycles. The molecule has 0 fully saturated rings. The topological polar surface area (TPSA) is 63.4 Å². The van der Waals surface area contributed by atoms with Crippen LogP contribution in [0.15, 0.2) is 0 Å². The smallest absolute Gasteiger partial charge is 0.222 e. The molecule has 0 heterocycles. The van der Waals surface area contributed by atoms with Gasteiger partial charge in [-0.2, -0.15) is 0 Å². The molecule has 0 aromatic carbocycles. The number of amides is 2. The van der Waals surface area contributed by atoms with Gasteiger partial charge in [0.25, 0.3) is 0 Å². The molecule has 4 nitrogen and oxygen atoms in total. The number of primary amides is 1. The first-order valence-electron chi connectivity index (χ1n) is 5.67. The van der Waals surface area contributed by atoms with Crippen molar-refractivity contribution < 1.29 is 9.59 Å². The molecule has 0 atom stereocenters. The highest BCUT2D eigenvalue weighted by Crippen LogP contribution is 2.02. The molecule has 2 N–H and O–H groups in total. The Balaban J connectivity index is 3.91. The Hall–Kier alpha value is -1.06. The van der Waals surface area contributed by atoms with Gasteiger partial charge in [0.15, 0.2) is 0 Å². The van der Waals surface area contributed by atoms with Crippen LogP contribution in [0.1, 0.15) is 46.0 Å². The van der Waals surface area contributed by atoms with Crippen molar-refractivity contribution in [3.8, 4) is 0 Å². The van der Waals surface area contributed by atoms with Gasteiger partial charge >= 0.3 is 0 Å². The number of nitrogens with two attached hydrogens (primary N) is 1. The van der Waals surface area contributed by atoms with E-state index in [1.807, 2.05) is 18.7 Å². The Morgan fingerprint density at radius 3 is 2.20 bits per heavy atom. The van der Waals surface area contributed by atoms with Gasteiger partial charge in [-0.25, -0.2) is 0 Å². The summed E-state index contributed by atoms with van der Waals surface area (Å²) in [5.41, 5.74) is 5.05. The van der Waals surface area contributed by atoms with Gasteiger partial charge in [-0.15, -0.1) is 0 Å². The third kappa shape index (κ3) is 6.94. The van der Waals surface area contributed by atoms with E-state index in [0.29, 0.717) is 25.8 Å². The maximum atomic E-state index is 11.6. The highest BCUT2D eigenvalue weighted by molar-refractivity contribution is 5.76. The fourth-order valence-corrected chi connectivity index (χ4v) is 1.45. The summed E-state index contributed by atoms with van der Waals surface area (Å²) >= 11 is 0. The van der Waals surface area contributed by atoms with Crippen molar-refractivity contribution in [3.05, 3.63) is 0 Å². The summed E-state index contributed by atoms with van der Waals surface area (Å²) in [4.78, 5) is 24.0. The Kier molecular flexibility index (Phi) is 7.68. The van der Waals surface area contributed by atoms with Gasteiger partial charge in [0.2, 0.25) is 11.8 Å². The van der Waals surface area contributed by atoms with Crippen molar-refractivity contribution >= 4 is 11.8 Å². The fourth-order valence-electron chi connectivity index (χ4n) is 1.45. The molecular weight excluding hydrogens is 192 g/mol. The van der Waals surface area contributed by atoms with Crippen LogP contribution >= 0.6 is 0 Å². The van der Waals surface area contributed by atoms with Crippen LogP contribution < -0.4 is 5.73 Å². The molecule has 2 amide bonds. The van der Waals surface area contributed by atoms with Gasteiger partial charge in [-0.1, -0.05) is 13.8 Å². The maximum absolute atomic E-state index is 11.6. The number of nitrogens with zero attached hydrogens (tertiary/aromatic N) is 1. The van der Waals surface area contributed by atoms with Gasteiger partial charge < -0.3 is 10.6 Å². The Morgan fingerprint density at radius 1 is 1.07 bits per heavy atom. The highest BCUT2D eigenvalue weighted by Gasteiger charge is 2.11. The zero-order valence-corrected chi connectivity index (χ0v) is 9.79. The third-order valence-corrected chi connectivity index (χ3v) is 2.16. The summed E-state index contributed by atoms with van der Waals surface area (Å²) in [5, 5.41) is 0. The molecule has 0 aliphatic carbocycles. The quantitative estimate of drug-likeness (QED) is 0.661. The number of hydrogen-bond donors (Lipinski definition) is 1. The maximum Gasteiger partial charge on any atom is 0.222 e. The summed E-state index contributed by atoms with van der Waals surface area (Å²) < 4.78 is 0. The molecule has 88 valence electrons. The summed E-state index contributed by atoms with van der Waals surface area (Å²) in [5.74, 6) is -0.113. The van der Waals surface area contributed by atoms with Crippen molar-refractivity contribution in [3.63, 3.8) is 0 Å². The summed E-state index contributed by atoms with van der Waals surface area (Å²) in [6.45, 7) is 5.46. The molecule has 0 aromatic rings. The molecule has 0 saturated carbocycles. The standard InChI is InChI=1S/C11H22N2O2/c1-3-6-11(15)13(8-4-2)9-5-7-10(12)14/h3-9H2,1-2H3,(H2,12,14). The number of carbonyl (C=O) groups excluding carboxylic acids is 2. The predicted octanol–water partition coefficient (Wildman–Crippen LogP) is 1.29. The molecule has 0 saturated heterocycles. The van der Waals surface area contributed by atoms with Gasteiger partial charge in [0, 0.05) is 25.9 Å². The average molecular weight is 214 g/mol.